The number of morpholine rings is 1. The first-order chi connectivity index (χ1) is 11.2. The normalized spacial score (nSPS) is 31.3. The van der Waals surface area contributed by atoms with Crippen LogP contribution in [0.1, 0.15) is 6.92 Å². The van der Waals surface area contributed by atoms with E-state index in [1.54, 1.807) is 0 Å². The van der Waals surface area contributed by atoms with Crippen LogP contribution < -0.4 is 9.80 Å². The van der Waals surface area contributed by atoms with Gasteiger partial charge in [-0.3, -0.25) is 0 Å². The molecule has 9 heteroatoms. The van der Waals surface area contributed by atoms with Gasteiger partial charge in [0.1, 0.15) is 12.2 Å². The van der Waals surface area contributed by atoms with E-state index in [-0.39, 0.29) is 23.5 Å². The second-order valence-corrected chi connectivity index (χ2v) is 6.38. The zero-order valence-electron chi connectivity index (χ0n) is 13.0. The summed E-state index contributed by atoms with van der Waals surface area (Å²) in [4.78, 5) is 17.4. The third-order valence-electron chi connectivity index (χ3n) is 4.45. The van der Waals surface area contributed by atoms with Gasteiger partial charge in [0, 0.05) is 19.6 Å². The number of nitrogens with zero attached hydrogens (tertiary/aromatic N) is 5. The number of hydrogen-bond donors (Lipinski definition) is 0. The average Bonchev–Trinajstić information content (AvgIpc) is 2.99. The molecule has 0 radical (unpaired) electrons. The maximum absolute atomic E-state index is 6.14. The molecule has 1 aromatic rings. The molecule has 0 bridgehead atoms. The van der Waals surface area contributed by atoms with E-state index >= 15 is 0 Å². The fraction of sp³-hybridized carbons (Fsp3) is 0.786. The van der Waals surface area contributed by atoms with Gasteiger partial charge in [-0.05, 0) is 18.5 Å². The summed E-state index contributed by atoms with van der Waals surface area (Å²) in [6.45, 7) is 6.87. The molecule has 3 aliphatic heterocycles. The molecule has 0 unspecified atom stereocenters. The Morgan fingerprint density at radius 3 is 2.39 bits per heavy atom. The van der Waals surface area contributed by atoms with Crippen LogP contribution >= 0.6 is 11.6 Å². The number of aromatic nitrogens is 3. The molecule has 23 heavy (non-hydrogen) atoms. The maximum atomic E-state index is 6.14. The van der Waals surface area contributed by atoms with Crippen molar-refractivity contribution in [2.75, 3.05) is 55.9 Å². The molecule has 4 heterocycles. The largest absolute Gasteiger partial charge is 0.377 e. The van der Waals surface area contributed by atoms with Gasteiger partial charge in [-0.1, -0.05) is 0 Å². The minimum Gasteiger partial charge on any atom is -0.377 e. The smallest absolute Gasteiger partial charge is 0.231 e. The Morgan fingerprint density at radius 1 is 1.00 bits per heavy atom. The molecule has 0 saturated carbocycles. The Kier molecular flexibility index (Phi) is 4.23. The molecule has 0 aromatic carbocycles. The third kappa shape index (κ3) is 3.08. The van der Waals surface area contributed by atoms with E-state index in [2.05, 4.69) is 31.7 Å². The first kappa shape index (κ1) is 15.3. The van der Waals surface area contributed by atoms with Gasteiger partial charge in [0.25, 0.3) is 0 Å². The molecule has 0 aliphatic carbocycles. The van der Waals surface area contributed by atoms with Crippen LogP contribution in [0.4, 0.5) is 11.9 Å². The van der Waals surface area contributed by atoms with Crippen molar-refractivity contribution in [3.63, 3.8) is 0 Å². The lowest BCUT2D eigenvalue weighted by molar-refractivity contribution is -0.116. The van der Waals surface area contributed by atoms with Crippen LogP contribution in [0.25, 0.3) is 0 Å². The van der Waals surface area contributed by atoms with Crippen molar-refractivity contribution in [3.05, 3.63) is 5.28 Å². The number of halogens is 1. The summed E-state index contributed by atoms with van der Waals surface area (Å²) in [5, 5.41) is 0.209. The van der Waals surface area contributed by atoms with Gasteiger partial charge in [-0.15, -0.1) is 0 Å². The zero-order chi connectivity index (χ0) is 15.8. The summed E-state index contributed by atoms with van der Waals surface area (Å²) in [7, 11) is 0. The molecular formula is C14H20ClN5O3. The number of fused-ring (bicyclic) bond motifs is 1. The van der Waals surface area contributed by atoms with Crippen LogP contribution in [0, 0.1) is 0 Å². The van der Waals surface area contributed by atoms with Crippen molar-refractivity contribution in [2.45, 2.75) is 25.2 Å². The predicted molar refractivity (Wildman–Crippen MR) is 84.2 cm³/mol. The molecule has 3 aliphatic rings. The van der Waals surface area contributed by atoms with Crippen LogP contribution in [0.3, 0.4) is 0 Å². The fourth-order valence-electron chi connectivity index (χ4n) is 3.25. The van der Waals surface area contributed by atoms with Crippen LogP contribution in [-0.4, -0.2) is 79.3 Å². The van der Waals surface area contributed by atoms with Gasteiger partial charge in [0.05, 0.1) is 32.5 Å². The number of anilines is 2. The Morgan fingerprint density at radius 2 is 1.70 bits per heavy atom. The average molecular weight is 342 g/mol. The van der Waals surface area contributed by atoms with E-state index < -0.39 is 0 Å². The van der Waals surface area contributed by atoms with Crippen molar-refractivity contribution in [1.29, 1.82) is 0 Å². The van der Waals surface area contributed by atoms with Crippen LogP contribution in [0.2, 0.25) is 5.28 Å². The van der Waals surface area contributed by atoms with Gasteiger partial charge in [0.15, 0.2) is 0 Å². The monoisotopic (exact) mass is 341 g/mol. The highest BCUT2D eigenvalue weighted by Gasteiger charge is 2.38. The molecule has 0 N–H and O–H groups in total. The lowest BCUT2D eigenvalue weighted by Gasteiger charge is -2.33. The number of rotatable bonds is 2. The van der Waals surface area contributed by atoms with Crippen molar-refractivity contribution >= 4 is 23.5 Å². The minimum absolute atomic E-state index is 0.0741. The lowest BCUT2D eigenvalue weighted by atomic mass is 10.2. The van der Waals surface area contributed by atoms with E-state index in [9.17, 15) is 0 Å². The summed E-state index contributed by atoms with van der Waals surface area (Å²) in [5.41, 5.74) is 0. The van der Waals surface area contributed by atoms with E-state index in [0.29, 0.717) is 51.4 Å². The first-order valence-corrected chi connectivity index (χ1v) is 8.32. The fourth-order valence-corrected chi connectivity index (χ4v) is 3.40. The van der Waals surface area contributed by atoms with E-state index in [1.807, 2.05) is 0 Å². The molecule has 3 atom stereocenters. The first-order valence-electron chi connectivity index (χ1n) is 7.95. The van der Waals surface area contributed by atoms with Gasteiger partial charge >= 0.3 is 0 Å². The zero-order valence-corrected chi connectivity index (χ0v) is 13.8. The van der Waals surface area contributed by atoms with Gasteiger partial charge in [0.2, 0.25) is 17.2 Å². The second kappa shape index (κ2) is 6.35. The Hall–Kier alpha value is -1.22. The highest BCUT2D eigenvalue weighted by molar-refractivity contribution is 6.28. The molecule has 0 amide bonds. The molecule has 0 spiro atoms. The van der Waals surface area contributed by atoms with Crippen molar-refractivity contribution < 1.29 is 14.2 Å². The third-order valence-corrected chi connectivity index (χ3v) is 4.62. The van der Waals surface area contributed by atoms with Crippen LogP contribution in [-0.2, 0) is 14.2 Å². The molecule has 1 aromatic heterocycles. The summed E-state index contributed by atoms with van der Waals surface area (Å²) in [5.74, 6) is 1.19. The summed E-state index contributed by atoms with van der Waals surface area (Å²) in [6, 6.07) is 0.211. The second-order valence-electron chi connectivity index (χ2n) is 6.05. The van der Waals surface area contributed by atoms with Gasteiger partial charge in [-0.2, -0.15) is 15.0 Å². The van der Waals surface area contributed by atoms with Gasteiger partial charge in [-0.25, -0.2) is 0 Å². The minimum atomic E-state index is 0.0741. The Balaban J connectivity index is 1.57. The van der Waals surface area contributed by atoms with Crippen molar-refractivity contribution in [2.24, 2.45) is 0 Å². The predicted octanol–water partition coefficient (Wildman–Crippen LogP) is 0.354. The summed E-state index contributed by atoms with van der Waals surface area (Å²) >= 11 is 6.14. The highest BCUT2D eigenvalue weighted by atomic mass is 35.5. The number of ether oxygens (including phenoxy) is 3. The van der Waals surface area contributed by atoms with Crippen molar-refractivity contribution in [3.8, 4) is 0 Å². The Labute approximate surface area is 139 Å². The van der Waals surface area contributed by atoms with E-state index in [0.717, 1.165) is 6.54 Å². The van der Waals surface area contributed by atoms with Crippen LogP contribution in [0.5, 0.6) is 0 Å². The van der Waals surface area contributed by atoms with E-state index in [4.69, 9.17) is 25.8 Å². The molecule has 8 nitrogen and oxygen atoms in total. The molecule has 3 fully saturated rings. The maximum Gasteiger partial charge on any atom is 0.231 e. The molecule has 4 rings (SSSR count). The molecular weight excluding hydrogens is 322 g/mol. The highest BCUT2D eigenvalue weighted by Crippen LogP contribution is 2.26. The SMILES string of the molecule is C[C@@H]1COCCN1c1nc(Cl)nc(N2C[C@@H]3OCCO[C@@H]3C2)n1. The van der Waals surface area contributed by atoms with Crippen LogP contribution in [0.15, 0.2) is 0 Å². The molecule has 126 valence electrons. The summed E-state index contributed by atoms with van der Waals surface area (Å²) < 4.78 is 17.0. The van der Waals surface area contributed by atoms with E-state index in [1.165, 1.54) is 0 Å². The lowest BCUT2D eigenvalue weighted by Crippen LogP contribution is -2.44. The van der Waals surface area contributed by atoms with Crippen molar-refractivity contribution in [1.82, 2.24) is 15.0 Å². The quantitative estimate of drug-likeness (QED) is 0.763. The number of hydrogen-bond acceptors (Lipinski definition) is 8. The Bertz CT molecular complexity index is 563. The molecule has 3 saturated heterocycles. The van der Waals surface area contributed by atoms with Gasteiger partial charge < -0.3 is 24.0 Å². The standard InChI is InChI=1S/C14H20ClN5O3/c1-9-8-21-3-2-20(9)14-17-12(15)16-13(18-14)19-6-10-11(7-19)23-5-4-22-10/h9-11H,2-8H2,1H3/t9-,10-,11+/m1/s1. The topological polar surface area (TPSA) is 72.8 Å². The summed E-state index contributed by atoms with van der Waals surface area (Å²) in [6.07, 6.45) is 0.148.